The summed E-state index contributed by atoms with van der Waals surface area (Å²) in [7, 11) is 0. The first-order chi connectivity index (χ1) is 13.6. The van der Waals surface area contributed by atoms with Crippen molar-refractivity contribution in [1.82, 2.24) is 24.6 Å². The molecule has 140 valence electrons. The maximum Gasteiger partial charge on any atom is 0.254 e. The van der Waals surface area contributed by atoms with Gasteiger partial charge in [-0.05, 0) is 36.4 Å². The Balaban J connectivity index is 1.44. The molecule has 5 rings (SSSR count). The normalized spacial score (nSPS) is 13.7. The van der Waals surface area contributed by atoms with Gasteiger partial charge in [-0.25, -0.2) is 13.8 Å². The minimum Gasteiger partial charge on any atom is -0.329 e. The number of hydrogen-bond donors (Lipinski definition) is 0. The van der Waals surface area contributed by atoms with Crippen LogP contribution in [0.5, 0.6) is 0 Å². The number of thiazole rings is 1. The molecule has 0 aliphatic carbocycles. The molecule has 0 atom stereocenters. The molecule has 1 aliphatic heterocycles. The minimum absolute atomic E-state index is 0.183. The Labute approximate surface area is 162 Å². The van der Waals surface area contributed by atoms with Crippen LogP contribution in [-0.4, -0.2) is 37.1 Å². The monoisotopic (exact) mass is 397 g/mol. The Morgan fingerprint density at radius 2 is 1.86 bits per heavy atom. The molecule has 0 saturated heterocycles. The number of carbonyl (C=O) groups is 1. The molecule has 1 amide bonds. The third-order valence-corrected chi connectivity index (χ3v) is 5.71. The van der Waals surface area contributed by atoms with Gasteiger partial charge < -0.3 is 9.47 Å². The number of rotatable bonds is 2. The van der Waals surface area contributed by atoms with Gasteiger partial charge in [0.1, 0.15) is 17.2 Å². The van der Waals surface area contributed by atoms with Gasteiger partial charge in [0.15, 0.2) is 16.7 Å². The average Bonchev–Trinajstić information content (AvgIpc) is 3.32. The van der Waals surface area contributed by atoms with Crippen molar-refractivity contribution in [3.63, 3.8) is 0 Å². The second-order valence-electron chi connectivity index (χ2n) is 6.43. The number of amides is 1. The highest BCUT2D eigenvalue weighted by Gasteiger charge is 2.27. The number of benzene rings is 2. The Kier molecular flexibility index (Phi) is 3.90. The zero-order chi connectivity index (χ0) is 19.3. The fourth-order valence-corrected chi connectivity index (χ4v) is 4.25. The average molecular weight is 397 g/mol. The smallest absolute Gasteiger partial charge is 0.254 e. The second-order valence-corrected chi connectivity index (χ2v) is 7.46. The van der Waals surface area contributed by atoms with E-state index in [1.807, 2.05) is 10.6 Å². The van der Waals surface area contributed by atoms with Gasteiger partial charge in [0.2, 0.25) is 0 Å². The number of halogens is 2. The first-order valence-electron chi connectivity index (χ1n) is 8.62. The van der Waals surface area contributed by atoms with Crippen LogP contribution in [0.4, 0.5) is 8.78 Å². The summed E-state index contributed by atoms with van der Waals surface area (Å²) in [6, 6.07) is 10.3. The Morgan fingerprint density at radius 3 is 2.64 bits per heavy atom. The van der Waals surface area contributed by atoms with E-state index in [1.165, 1.54) is 41.7 Å². The summed E-state index contributed by atoms with van der Waals surface area (Å²) in [5.41, 5.74) is 0.750. The van der Waals surface area contributed by atoms with Crippen molar-refractivity contribution in [1.29, 1.82) is 0 Å². The van der Waals surface area contributed by atoms with Crippen LogP contribution < -0.4 is 0 Å². The van der Waals surface area contributed by atoms with E-state index in [0.29, 0.717) is 47.4 Å². The Morgan fingerprint density at radius 1 is 1.04 bits per heavy atom. The van der Waals surface area contributed by atoms with Crippen LogP contribution in [0.1, 0.15) is 16.2 Å². The molecule has 1 aliphatic rings. The molecule has 2 aromatic heterocycles. The Hall–Kier alpha value is -3.20. The predicted molar refractivity (Wildman–Crippen MR) is 99.7 cm³/mol. The van der Waals surface area contributed by atoms with E-state index >= 15 is 0 Å². The van der Waals surface area contributed by atoms with Gasteiger partial charge in [-0.15, -0.1) is 21.5 Å². The van der Waals surface area contributed by atoms with Crippen molar-refractivity contribution >= 4 is 27.5 Å². The molecule has 0 fully saturated rings. The van der Waals surface area contributed by atoms with Crippen LogP contribution in [0.15, 0.2) is 42.5 Å². The number of aromatic nitrogens is 4. The second kappa shape index (κ2) is 6.45. The highest BCUT2D eigenvalue weighted by molar-refractivity contribution is 7.21. The lowest BCUT2D eigenvalue weighted by Gasteiger charge is -2.27. The van der Waals surface area contributed by atoms with Crippen LogP contribution >= 0.6 is 11.3 Å². The van der Waals surface area contributed by atoms with E-state index in [9.17, 15) is 13.6 Å². The summed E-state index contributed by atoms with van der Waals surface area (Å²) in [5.74, 6) is 0.278. The van der Waals surface area contributed by atoms with E-state index in [0.717, 1.165) is 4.70 Å². The summed E-state index contributed by atoms with van der Waals surface area (Å²) in [6.07, 6.45) is 0. The van der Waals surface area contributed by atoms with E-state index in [2.05, 4.69) is 15.2 Å². The fourth-order valence-electron chi connectivity index (χ4n) is 3.27. The van der Waals surface area contributed by atoms with Crippen LogP contribution in [0.2, 0.25) is 0 Å². The third-order valence-electron chi connectivity index (χ3n) is 4.69. The first-order valence-corrected chi connectivity index (χ1v) is 9.44. The molecule has 3 heterocycles. The zero-order valence-electron chi connectivity index (χ0n) is 14.5. The van der Waals surface area contributed by atoms with Gasteiger partial charge in [-0.1, -0.05) is 6.07 Å². The highest BCUT2D eigenvalue weighted by Crippen LogP contribution is 2.31. The maximum atomic E-state index is 13.9. The lowest BCUT2D eigenvalue weighted by Crippen LogP contribution is -2.38. The molecule has 0 N–H and O–H groups in total. The lowest BCUT2D eigenvalue weighted by atomic mass is 10.2. The molecule has 6 nitrogen and oxygen atoms in total. The van der Waals surface area contributed by atoms with Crippen molar-refractivity contribution in [2.45, 2.75) is 13.1 Å². The minimum atomic E-state index is -0.383. The first kappa shape index (κ1) is 16.9. The molecule has 0 saturated carbocycles. The van der Waals surface area contributed by atoms with E-state index in [1.54, 1.807) is 11.0 Å². The van der Waals surface area contributed by atoms with Crippen LogP contribution in [0.25, 0.3) is 21.0 Å². The SMILES string of the molecule is O=C(c1ccc(F)cc1)N1CCn2c(nnc2-c2nc3c(F)cccc3s2)C1. The van der Waals surface area contributed by atoms with Gasteiger partial charge in [-0.2, -0.15) is 0 Å². The predicted octanol–water partition coefficient (Wildman–Crippen LogP) is 3.49. The van der Waals surface area contributed by atoms with Gasteiger partial charge in [0.05, 0.1) is 11.2 Å². The number of carbonyl (C=O) groups excluding carboxylic acids is 1. The summed E-state index contributed by atoms with van der Waals surface area (Å²) in [4.78, 5) is 18.7. The quantitative estimate of drug-likeness (QED) is 0.519. The van der Waals surface area contributed by atoms with Crippen LogP contribution in [0.3, 0.4) is 0 Å². The van der Waals surface area contributed by atoms with Crippen molar-refractivity contribution in [3.8, 4) is 10.8 Å². The number of hydrogen-bond acceptors (Lipinski definition) is 5. The zero-order valence-corrected chi connectivity index (χ0v) is 15.3. The number of fused-ring (bicyclic) bond motifs is 2. The van der Waals surface area contributed by atoms with E-state index in [4.69, 9.17) is 0 Å². The highest BCUT2D eigenvalue weighted by atomic mass is 32.1. The molecule has 28 heavy (non-hydrogen) atoms. The summed E-state index contributed by atoms with van der Waals surface area (Å²) in [5, 5.41) is 9.01. The molecule has 2 aromatic carbocycles. The van der Waals surface area contributed by atoms with Crippen LogP contribution in [0, 0.1) is 11.6 Å². The van der Waals surface area contributed by atoms with E-state index < -0.39 is 0 Å². The van der Waals surface area contributed by atoms with Crippen molar-refractivity contribution in [2.75, 3.05) is 6.54 Å². The summed E-state index contributed by atoms with van der Waals surface area (Å²) >= 11 is 1.36. The standard InChI is InChI=1S/C19H13F2N5OS/c20-12-6-4-11(5-7-12)19(27)25-8-9-26-15(10-25)23-24-17(26)18-22-16-13(21)2-1-3-14(16)28-18/h1-7H,8-10H2. The fraction of sp³-hybridized carbons (Fsp3) is 0.158. The van der Waals surface area contributed by atoms with E-state index in [-0.39, 0.29) is 17.5 Å². The Bertz CT molecular complexity index is 1200. The molecule has 9 heteroatoms. The number of para-hydroxylation sites is 1. The molecule has 0 unspecified atom stereocenters. The lowest BCUT2D eigenvalue weighted by molar-refractivity contribution is 0.0708. The van der Waals surface area contributed by atoms with Crippen LogP contribution in [-0.2, 0) is 13.1 Å². The molecule has 4 aromatic rings. The molecule has 0 radical (unpaired) electrons. The van der Waals surface area contributed by atoms with Gasteiger partial charge in [0.25, 0.3) is 5.91 Å². The van der Waals surface area contributed by atoms with Gasteiger partial charge in [0, 0.05) is 18.7 Å². The van der Waals surface area contributed by atoms with Gasteiger partial charge >= 0.3 is 0 Å². The summed E-state index contributed by atoms with van der Waals surface area (Å²) < 4.78 is 29.7. The number of nitrogens with zero attached hydrogens (tertiary/aromatic N) is 5. The molecule has 0 spiro atoms. The molecule has 0 bridgehead atoms. The molecular formula is C19H13F2N5OS. The maximum absolute atomic E-state index is 13.9. The third kappa shape index (κ3) is 2.75. The van der Waals surface area contributed by atoms with Crippen molar-refractivity contribution < 1.29 is 13.6 Å². The van der Waals surface area contributed by atoms with Crippen molar-refractivity contribution in [2.24, 2.45) is 0 Å². The summed E-state index contributed by atoms with van der Waals surface area (Å²) in [6.45, 7) is 1.26. The van der Waals surface area contributed by atoms with Gasteiger partial charge in [-0.3, -0.25) is 4.79 Å². The largest absolute Gasteiger partial charge is 0.329 e. The molecular weight excluding hydrogens is 384 g/mol. The van der Waals surface area contributed by atoms with Crippen molar-refractivity contribution in [3.05, 3.63) is 65.5 Å². The topological polar surface area (TPSA) is 63.9 Å².